The standard InChI is InChI=1S/C15H19Cl2NO3S/c1-21-14-9-13(17)15(10-12(14)16)22(19,20)18-8-7-11-5-3-2-4-6-11/h5,9-10,18H,2-4,6-8H2,1H3. The van der Waals surface area contributed by atoms with Crippen molar-refractivity contribution < 1.29 is 13.2 Å². The molecule has 0 fully saturated rings. The van der Waals surface area contributed by atoms with Crippen molar-refractivity contribution in [2.45, 2.75) is 37.0 Å². The van der Waals surface area contributed by atoms with E-state index in [4.69, 9.17) is 27.9 Å². The highest BCUT2D eigenvalue weighted by Gasteiger charge is 2.20. The molecule has 4 nitrogen and oxygen atoms in total. The Hall–Kier alpha value is -0.750. The Bertz CT molecular complexity index is 672. The summed E-state index contributed by atoms with van der Waals surface area (Å²) in [6.45, 7) is 0.355. The van der Waals surface area contributed by atoms with Crippen molar-refractivity contribution in [2.75, 3.05) is 13.7 Å². The van der Waals surface area contributed by atoms with Gasteiger partial charge in [0.2, 0.25) is 10.0 Å². The molecule has 22 heavy (non-hydrogen) atoms. The van der Waals surface area contributed by atoms with Crippen LogP contribution >= 0.6 is 23.2 Å². The van der Waals surface area contributed by atoms with Gasteiger partial charge in [0.05, 0.1) is 17.2 Å². The minimum absolute atomic E-state index is 0.0300. The van der Waals surface area contributed by atoms with Crippen LogP contribution < -0.4 is 9.46 Å². The zero-order valence-electron chi connectivity index (χ0n) is 12.4. The number of nitrogens with one attached hydrogen (secondary N) is 1. The Balaban J connectivity index is 2.07. The van der Waals surface area contributed by atoms with Crippen molar-refractivity contribution >= 4 is 33.2 Å². The number of sulfonamides is 1. The van der Waals surface area contributed by atoms with Gasteiger partial charge in [-0.25, -0.2) is 13.1 Å². The molecule has 0 atom stereocenters. The van der Waals surface area contributed by atoms with Crippen molar-refractivity contribution in [2.24, 2.45) is 0 Å². The molecule has 0 saturated carbocycles. The quantitative estimate of drug-likeness (QED) is 0.771. The van der Waals surface area contributed by atoms with E-state index in [1.54, 1.807) is 0 Å². The van der Waals surface area contributed by atoms with Crippen LogP contribution in [0.5, 0.6) is 5.75 Å². The van der Waals surface area contributed by atoms with Crippen LogP contribution in [-0.4, -0.2) is 22.1 Å². The van der Waals surface area contributed by atoms with E-state index in [1.165, 1.54) is 37.7 Å². The first-order valence-electron chi connectivity index (χ1n) is 7.14. The minimum Gasteiger partial charge on any atom is -0.495 e. The lowest BCUT2D eigenvalue weighted by Gasteiger charge is -2.14. The first kappa shape index (κ1) is 17.6. The maximum atomic E-state index is 12.3. The molecule has 0 saturated heterocycles. The SMILES string of the molecule is COc1cc(Cl)c(S(=O)(=O)NCCC2=CCCCC2)cc1Cl. The van der Waals surface area contributed by atoms with Crippen molar-refractivity contribution in [1.29, 1.82) is 0 Å². The number of benzene rings is 1. The highest BCUT2D eigenvalue weighted by Crippen LogP contribution is 2.33. The molecular formula is C15H19Cl2NO3S. The number of ether oxygens (including phenoxy) is 1. The molecule has 7 heteroatoms. The van der Waals surface area contributed by atoms with E-state index in [2.05, 4.69) is 10.8 Å². The van der Waals surface area contributed by atoms with Crippen molar-refractivity contribution in [3.05, 3.63) is 33.8 Å². The molecular weight excluding hydrogens is 345 g/mol. The summed E-state index contributed by atoms with van der Waals surface area (Å²) < 4.78 is 32.3. The van der Waals surface area contributed by atoms with E-state index in [0.717, 1.165) is 19.3 Å². The first-order chi connectivity index (χ1) is 10.4. The van der Waals surface area contributed by atoms with E-state index >= 15 is 0 Å². The lowest BCUT2D eigenvalue weighted by atomic mass is 9.97. The maximum Gasteiger partial charge on any atom is 0.242 e. The van der Waals surface area contributed by atoms with Gasteiger partial charge in [-0.1, -0.05) is 34.9 Å². The molecule has 0 amide bonds. The Morgan fingerprint density at radius 2 is 2.00 bits per heavy atom. The van der Waals surface area contributed by atoms with Gasteiger partial charge in [-0.15, -0.1) is 0 Å². The second kappa shape index (κ2) is 7.68. The molecule has 0 spiro atoms. The topological polar surface area (TPSA) is 55.4 Å². The van der Waals surface area contributed by atoms with Crippen LogP contribution in [0, 0.1) is 0 Å². The minimum atomic E-state index is -3.69. The molecule has 0 aliphatic heterocycles. The highest BCUT2D eigenvalue weighted by molar-refractivity contribution is 7.89. The van der Waals surface area contributed by atoms with Crippen LogP contribution in [0.15, 0.2) is 28.7 Å². The van der Waals surface area contributed by atoms with E-state index in [1.807, 2.05) is 0 Å². The second-order valence-electron chi connectivity index (χ2n) is 5.17. The summed E-state index contributed by atoms with van der Waals surface area (Å²) in [5.74, 6) is 0.345. The fourth-order valence-corrected chi connectivity index (χ4v) is 4.31. The zero-order valence-corrected chi connectivity index (χ0v) is 14.7. The average molecular weight is 364 g/mol. The predicted molar refractivity (Wildman–Crippen MR) is 89.4 cm³/mol. The molecule has 1 aliphatic carbocycles. The Morgan fingerprint density at radius 1 is 1.23 bits per heavy atom. The van der Waals surface area contributed by atoms with Gasteiger partial charge < -0.3 is 4.74 Å². The number of halogens is 2. The number of rotatable bonds is 6. The van der Waals surface area contributed by atoms with Gasteiger partial charge in [-0.2, -0.15) is 0 Å². The third-order valence-corrected chi connectivity index (χ3v) is 5.84. The summed E-state index contributed by atoms with van der Waals surface area (Å²) in [6.07, 6.45) is 7.46. The smallest absolute Gasteiger partial charge is 0.242 e. The second-order valence-corrected chi connectivity index (χ2v) is 7.72. The zero-order chi connectivity index (χ0) is 16.2. The van der Waals surface area contributed by atoms with Crippen LogP contribution in [-0.2, 0) is 10.0 Å². The van der Waals surface area contributed by atoms with Gasteiger partial charge in [-0.3, -0.25) is 0 Å². The number of allylic oxidation sites excluding steroid dienone is 1. The van der Waals surface area contributed by atoms with E-state index in [-0.39, 0.29) is 14.9 Å². The maximum absolute atomic E-state index is 12.3. The fraction of sp³-hybridized carbons (Fsp3) is 0.467. The molecule has 1 aromatic carbocycles. The van der Waals surface area contributed by atoms with E-state index in [0.29, 0.717) is 12.3 Å². The molecule has 0 heterocycles. The Labute approximate surface area is 141 Å². The predicted octanol–water partition coefficient (Wildman–Crippen LogP) is 4.17. The number of hydrogen-bond donors (Lipinski definition) is 1. The summed E-state index contributed by atoms with van der Waals surface area (Å²) in [5, 5.41) is 0.299. The molecule has 0 bridgehead atoms. The molecule has 1 aliphatic rings. The third-order valence-electron chi connectivity index (χ3n) is 3.62. The third kappa shape index (κ3) is 4.38. The number of hydrogen-bond acceptors (Lipinski definition) is 3. The van der Waals surface area contributed by atoms with Gasteiger partial charge >= 0.3 is 0 Å². The Morgan fingerprint density at radius 3 is 2.64 bits per heavy atom. The summed E-state index contributed by atoms with van der Waals surface area (Å²) >= 11 is 12.0. The molecule has 1 aromatic rings. The van der Waals surface area contributed by atoms with Gasteiger partial charge in [-0.05, 0) is 38.2 Å². The van der Waals surface area contributed by atoms with Crippen LogP contribution in [0.4, 0.5) is 0 Å². The first-order valence-corrected chi connectivity index (χ1v) is 9.38. The van der Waals surface area contributed by atoms with Crippen molar-refractivity contribution in [1.82, 2.24) is 4.72 Å². The molecule has 0 aromatic heterocycles. The summed E-state index contributed by atoms with van der Waals surface area (Å²) in [6, 6.07) is 2.72. The van der Waals surface area contributed by atoms with E-state index in [9.17, 15) is 8.42 Å². The van der Waals surface area contributed by atoms with Crippen LogP contribution in [0.3, 0.4) is 0 Å². The molecule has 1 N–H and O–H groups in total. The lowest BCUT2D eigenvalue weighted by molar-refractivity contribution is 0.414. The normalized spacial score (nSPS) is 15.5. The monoisotopic (exact) mass is 363 g/mol. The van der Waals surface area contributed by atoms with Crippen LogP contribution in [0.2, 0.25) is 10.0 Å². The summed E-state index contributed by atoms with van der Waals surface area (Å²) in [5.41, 5.74) is 1.31. The number of methoxy groups -OCH3 is 1. The lowest BCUT2D eigenvalue weighted by Crippen LogP contribution is -2.25. The highest BCUT2D eigenvalue weighted by atomic mass is 35.5. The fourth-order valence-electron chi connectivity index (χ4n) is 2.43. The molecule has 0 radical (unpaired) electrons. The summed E-state index contributed by atoms with van der Waals surface area (Å²) in [4.78, 5) is -0.0300. The molecule has 2 rings (SSSR count). The van der Waals surface area contributed by atoms with Gasteiger partial charge in [0, 0.05) is 12.6 Å². The van der Waals surface area contributed by atoms with Crippen molar-refractivity contribution in [3.63, 3.8) is 0 Å². The van der Waals surface area contributed by atoms with Gasteiger partial charge in [0.25, 0.3) is 0 Å². The molecule has 0 unspecified atom stereocenters. The van der Waals surface area contributed by atoms with Crippen molar-refractivity contribution in [3.8, 4) is 5.75 Å². The van der Waals surface area contributed by atoms with Crippen LogP contribution in [0.25, 0.3) is 0 Å². The van der Waals surface area contributed by atoms with Gasteiger partial charge in [0.1, 0.15) is 10.6 Å². The molecule has 122 valence electrons. The van der Waals surface area contributed by atoms with Gasteiger partial charge in [0.15, 0.2) is 0 Å². The summed E-state index contributed by atoms with van der Waals surface area (Å²) in [7, 11) is -2.24. The Kier molecular flexibility index (Phi) is 6.15. The van der Waals surface area contributed by atoms with Crippen LogP contribution in [0.1, 0.15) is 32.1 Å². The largest absolute Gasteiger partial charge is 0.495 e. The van der Waals surface area contributed by atoms with E-state index < -0.39 is 10.0 Å². The average Bonchev–Trinajstić information content (AvgIpc) is 2.50.